The lowest BCUT2D eigenvalue weighted by Gasteiger charge is -2.23. The Morgan fingerprint density at radius 1 is 1.00 bits per heavy atom. The summed E-state index contributed by atoms with van der Waals surface area (Å²) in [4.78, 5) is 9.25. The Balaban J connectivity index is 1.74. The van der Waals surface area contributed by atoms with Gasteiger partial charge < -0.3 is 5.73 Å². The first-order chi connectivity index (χ1) is 12.3. The summed E-state index contributed by atoms with van der Waals surface area (Å²) < 4.78 is 2.04. The van der Waals surface area contributed by atoms with Crippen LogP contribution in [0.15, 0.2) is 65.8 Å². The minimum absolute atomic E-state index is 0.336. The van der Waals surface area contributed by atoms with Gasteiger partial charge >= 0.3 is 0 Å². The van der Waals surface area contributed by atoms with Crippen LogP contribution in [0.2, 0.25) is 0 Å². The Morgan fingerprint density at radius 2 is 1.80 bits per heavy atom. The second-order valence-corrected chi connectivity index (χ2v) is 5.87. The number of hydrogen-bond acceptors (Lipinski definition) is 5. The largest absolute Gasteiger partial charge is 0.370 e. The van der Waals surface area contributed by atoms with Gasteiger partial charge in [-0.15, -0.1) is 0 Å². The molecule has 0 aliphatic carbocycles. The first-order valence-corrected chi connectivity index (χ1v) is 7.97. The molecule has 4 N–H and O–H groups in total. The van der Waals surface area contributed by atoms with E-state index in [4.69, 9.17) is 5.73 Å². The second kappa shape index (κ2) is 5.20. The molecule has 1 atom stereocenters. The average Bonchev–Trinajstić information content (AvgIpc) is 3.26. The second-order valence-electron chi connectivity index (χ2n) is 5.87. The van der Waals surface area contributed by atoms with Crippen LogP contribution in [-0.4, -0.2) is 25.7 Å². The van der Waals surface area contributed by atoms with Crippen molar-refractivity contribution in [2.45, 2.75) is 6.17 Å². The summed E-state index contributed by atoms with van der Waals surface area (Å²) in [6, 6.07) is 18.0. The molecule has 0 bridgehead atoms. The van der Waals surface area contributed by atoms with Gasteiger partial charge in [-0.25, -0.2) is 9.98 Å². The molecule has 5 rings (SSSR count). The lowest BCUT2D eigenvalue weighted by molar-refractivity contribution is 0.628. The molecular formula is C18H15N7. The highest BCUT2D eigenvalue weighted by molar-refractivity contribution is 5.94. The molecule has 4 aromatic rings. The first kappa shape index (κ1) is 13.8. The summed E-state index contributed by atoms with van der Waals surface area (Å²) in [5.74, 6) is 1.02. The van der Waals surface area contributed by atoms with Crippen LogP contribution in [0.25, 0.3) is 22.3 Å². The summed E-state index contributed by atoms with van der Waals surface area (Å²) in [5, 5.41) is 10.4. The molecule has 0 fully saturated rings. The fourth-order valence-electron chi connectivity index (χ4n) is 3.25. The number of benzene rings is 2. The number of H-pyrrole nitrogens is 1. The number of guanidine groups is 1. The van der Waals surface area contributed by atoms with E-state index in [1.165, 1.54) is 0 Å². The van der Waals surface area contributed by atoms with Crippen LogP contribution in [0.5, 0.6) is 0 Å². The monoisotopic (exact) mass is 329 g/mol. The SMILES string of the molecule is NC1=N[C@@H](c2cn[nH]c2-c2ccccc2)n2c(nc3ccccc32)N1. The summed E-state index contributed by atoms with van der Waals surface area (Å²) in [6.07, 6.45) is 1.46. The fraction of sp³-hybridized carbons (Fsp3) is 0.0556. The van der Waals surface area contributed by atoms with Crippen LogP contribution >= 0.6 is 0 Å². The van der Waals surface area contributed by atoms with E-state index in [0.717, 1.165) is 27.9 Å². The number of nitrogens with two attached hydrogens (primary N) is 1. The van der Waals surface area contributed by atoms with Crippen LogP contribution in [0.3, 0.4) is 0 Å². The first-order valence-electron chi connectivity index (χ1n) is 7.97. The van der Waals surface area contributed by atoms with Crippen LogP contribution in [-0.2, 0) is 0 Å². The molecule has 1 aliphatic rings. The number of aromatic amines is 1. The third-order valence-electron chi connectivity index (χ3n) is 4.35. The predicted molar refractivity (Wildman–Crippen MR) is 97.1 cm³/mol. The molecule has 0 amide bonds. The van der Waals surface area contributed by atoms with Crippen molar-refractivity contribution in [1.82, 2.24) is 19.7 Å². The van der Waals surface area contributed by atoms with Crippen molar-refractivity contribution in [3.63, 3.8) is 0 Å². The number of nitrogens with one attached hydrogen (secondary N) is 2. The maximum Gasteiger partial charge on any atom is 0.212 e. The number of imidazole rings is 1. The van der Waals surface area contributed by atoms with Crippen LogP contribution in [0.1, 0.15) is 11.7 Å². The van der Waals surface area contributed by atoms with Crippen molar-refractivity contribution in [2.24, 2.45) is 10.7 Å². The lowest BCUT2D eigenvalue weighted by Crippen LogP contribution is -2.31. The fourth-order valence-corrected chi connectivity index (χ4v) is 3.25. The number of hydrogen-bond donors (Lipinski definition) is 3. The normalized spacial score (nSPS) is 16.3. The molecule has 25 heavy (non-hydrogen) atoms. The molecule has 122 valence electrons. The zero-order valence-corrected chi connectivity index (χ0v) is 13.2. The van der Waals surface area contributed by atoms with Crippen molar-refractivity contribution in [3.05, 3.63) is 66.4 Å². The molecule has 2 aromatic carbocycles. The topological polar surface area (TPSA) is 96.9 Å². The van der Waals surface area contributed by atoms with E-state index in [1.807, 2.05) is 59.2 Å². The van der Waals surface area contributed by atoms with E-state index in [9.17, 15) is 0 Å². The lowest BCUT2D eigenvalue weighted by atomic mass is 10.1. The molecule has 0 saturated carbocycles. The van der Waals surface area contributed by atoms with E-state index < -0.39 is 0 Å². The quantitative estimate of drug-likeness (QED) is 0.527. The minimum atomic E-state index is -0.336. The molecule has 2 aromatic heterocycles. The van der Waals surface area contributed by atoms with Gasteiger partial charge in [-0.3, -0.25) is 15.0 Å². The number of aliphatic imine (C=N–C) groups is 1. The van der Waals surface area contributed by atoms with Gasteiger partial charge in [-0.1, -0.05) is 42.5 Å². The predicted octanol–water partition coefficient (Wildman–Crippen LogP) is 2.71. The van der Waals surface area contributed by atoms with Crippen molar-refractivity contribution < 1.29 is 0 Å². The standard InChI is InChI=1S/C18H15N7/c19-17-22-16(12-10-20-24-15(12)11-6-2-1-3-7-11)25-14-9-5-4-8-13(14)21-18(25)23-17/h1-10,16H,(H,20,24)(H3,19,21,22,23)/t16-/m1/s1. The van der Waals surface area contributed by atoms with E-state index in [0.29, 0.717) is 11.9 Å². The van der Waals surface area contributed by atoms with E-state index >= 15 is 0 Å². The zero-order valence-electron chi connectivity index (χ0n) is 13.2. The highest BCUT2D eigenvalue weighted by Crippen LogP contribution is 2.35. The smallest absolute Gasteiger partial charge is 0.212 e. The number of para-hydroxylation sites is 2. The van der Waals surface area contributed by atoms with E-state index in [1.54, 1.807) is 6.20 Å². The van der Waals surface area contributed by atoms with Crippen molar-refractivity contribution in [1.29, 1.82) is 0 Å². The Morgan fingerprint density at radius 3 is 2.68 bits per heavy atom. The number of rotatable bonds is 2. The molecule has 3 heterocycles. The van der Waals surface area contributed by atoms with E-state index in [-0.39, 0.29) is 6.17 Å². The molecule has 7 nitrogen and oxygen atoms in total. The Kier molecular flexibility index (Phi) is 2.87. The minimum Gasteiger partial charge on any atom is -0.370 e. The maximum absolute atomic E-state index is 6.01. The number of anilines is 1. The van der Waals surface area contributed by atoms with Crippen LogP contribution in [0.4, 0.5) is 5.95 Å². The Hall–Kier alpha value is -3.61. The third-order valence-corrected chi connectivity index (χ3v) is 4.35. The highest BCUT2D eigenvalue weighted by Gasteiger charge is 2.28. The van der Waals surface area contributed by atoms with Gasteiger partial charge in [0.15, 0.2) is 12.1 Å². The van der Waals surface area contributed by atoms with Crippen LogP contribution in [0, 0.1) is 0 Å². The average molecular weight is 329 g/mol. The van der Waals surface area contributed by atoms with Gasteiger partial charge in [0.05, 0.1) is 22.9 Å². The van der Waals surface area contributed by atoms with Gasteiger partial charge in [0, 0.05) is 5.56 Å². The number of fused-ring (bicyclic) bond motifs is 3. The van der Waals surface area contributed by atoms with Crippen LogP contribution < -0.4 is 11.1 Å². The molecule has 0 unspecified atom stereocenters. The maximum atomic E-state index is 6.01. The van der Waals surface area contributed by atoms with E-state index in [2.05, 4.69) is 25.5 Å². The summed E-state index contributed by atoms with van der Waals surface area (Å²) in [7, 11) is 0. The van der Waals surface area contributed by atoms with Crippen molar-refractivity contribution >= 4 is 22.9 Å². The van der Waals surface area contributed by atoms with Crippen molar-refractivity contribution in [3.8, 4) is 11.3 Å². The van der Waals surface area contributed by atoms with Gasteiger partial charge in [0.1, 0.15) is 0 Å². The van der Waals surface area contributed by atoms with Gasteiger partial charge in [0.25, 0.3) is 0 Å². The summed E-state index contributed by atoms with van der Waals surface area (Å²) in [6.45, 7) is 0. The zero-order chi connectivity index (χ0) is 16.8. The molecule has 0 spiro atoms. The summed E-state index contributed by atoms with van der Waals surface area (Å²) >= 11 is 0. The molecule has 1 aliphatic heterocycles. The molecule has 0 saturated heterocycles. The third kappa shape index (κ3) is 2.09. The molecule has 0 radical (unpaired) electrons. The highest BCUT2D eigenvalue weighted by atomic mass is 15.4. The van der Waals surface area contributed by atoms with Gasteiger partial charge in [-0.05, 0) is 17.7 Å². The van der Waals surface area contributed by atoms with Gasteiger partial charge in [0.2, 0.25) is 5.95 Å². The number of nitrogens with zero attached hydrogens (tertiary/aromatic N) is 4. The Labute approximate surface area is 143 Å². The van der Waals surface area contributed by atoms with Crippen molar-refractivity contribution in [2.75, 3.05) is 5.32 Å². The molecular weight excluding hydrogens is 314 g/mol. The number of aromatic nitrogens is 4. The summed E-state index contributed by atoms with van der Waals surface area (Å²) in [5.41, 5.74) is 10.8. The van der Waals surface area contributed by atoms with Gasteiger partial charge in [-0.2, -0.15) is 5.10 Å². The Bertz CT molecular complexity index is 1090. The molecule has 7 heteroatoms.